The molecule has 0 N–H and O–H groups in total. The van der Waals surface area contributed by atoms with E-state index in [1.165, 1.54) is 0 Å². The normalized spacial score (nSPS) is 10.3. The minimum atomic E-state index is -1.32. The number of carbonyl (C=O) groups is 19. The van der Waals surface area contributed by atoms with Gasteiger partial charge in [-0.25, -0.2) is 0 Å². The zero-order chi connectivity index (χ0) is 92.3. The lowest BCUT2D eigenvalue weighted by atomic mass is 10.2. The Hall–Kier alpha value is -16.7. The summed E-state index contributed by atoms with van der Waals surface area (Å²) in [6.07, 6.45) is 0. The molecule has 0 saturated heterocycles. The number of hydrogen-bond acceptors (Lipinski definition) is 44. The van der Waals surface area contributed by atoms with Gasteiger partial charge in [-0.3, -0.25) is 91.1 Å². The van der Waals surface area contributed by atoms with Crippen molar-refractivity contribution in [2.75, 3.05) is 0 Å². The number of benzene rings is 7. The Morgan fingerprint density at radius 1 is 0.121 bits per heavy atom. The molecule has 0 fully saturated rings. The predicted octanol–water partition coefficient (Wildman–Crippen LogP) is 11.0. The molecular formula is C80H68O44. The van der Waals surface area contributed by atoms with Crippen molar-refractivity contribution in [2.24, 2.45) is 0 Å². The van der Waals surface area contributed by atoms with Crippen molar-refractivity contribution in [3.63, 3.8) is 0 Å². The molecule has 0 heterocycles. The van der Waals surface area contributed by atoms with E-state index >= 15 is 0 Å². The van der Waals surface area contributed by atoms with Crippen LogP contribution in [0.2, 0.25) is 0 Å². The summed E-state index contributed by atoms with van der Waals surface area (Å²) in [7, 11) is 0. The quantitative estimate of drug-likeness (QED) is 0.0288. The van der Waals surface area contributed by atoms with E-state index in [9.17, 15) is 91.1 Å². The fourth-order valence-electron chi connectivity index (χ4n) is 10.1. The van der Waals surface area contributed by atoms with E-state index in [2.05, 4.69) is 0 Å². The molecule has 0 aliphatic heterocycles. The molecule has 0 aliphatic carbocycles. The summed E-state index contributed by atoms with van der Waals surface area (Å²) in [5.41, 5.74) is 0. The second-order valence-corrected chi connectivity index (χ2v) is 24.5. The molecule has 652 valence electrons. The highest BCUT2D eigenvalue weighted by Crippen LogP contribution is 2.61. The van der Waals surface area contributed by atoms with Crippen LogP contribution in [0.4, 0.5) is 0 Å². The zero-order valence-corrected chi connectivity index (χ0v) is 68.3. The maximum atomic E-state index is 13.6. The topological polar surface area (TPSA) is 555 Å². The lowest BCUT2D eigenvalue weighted by Crippen LogP contribution is -2.14. The molecule has 0 amide bonds. The molecule has 44 heteroatoms. The van der Waals surface area contributed by atoms with Gasteiger partial charge in [0.05, 0.1) is 0 Å². The largest absolute Gasteiger partial charge is 0.449 e. The highest BCUT2D eigenvalue weighted by molar-refractivity contribution is 5.89. The molecule has 0 spiro atoms. The van der Waals surface area contributed by atoms with Crippen LogP contribution in [0, 0.1) is 0 Å². The number of ether oxygens (including phenoxy) is 25. The summed E-state index contributed by atoms with van der Waals surface area (Å²) >= 11 is 0. The maximum Gasteiger partial charge on any atom is 0.308 e. The first-order chi connectivity index (χ1) is 58.0. The number of esters is 19. The van der Waals surface area contributed by atoms with Crippen LogP contribution in [0.15, 0.2) is 66.7 Å². The van der Waals surface area contributed by atoms with Gasteiger partial charge < -0.3 is 118 Å². The number of rotatable bonds is 31. The van der Waals surface area contributed by atoms with Crippen molar-refractivity contribution in [3.05, 3.63) is 66.7 Å². The number of hydrogen-bond donors (Lipinski definition) is 0. The van der Waals surface area contributed by atoms with E-state index in [-0.39, 0.29) is 5.75 Å². The summed E-state index contributed by atoms with van der Waals surface area (Å²) in [6.45, 7) is 16.2. The van der Waals surface area contributed by atoms with Crippen LogP contribution >= 0.6 is 0 Å². The van der Waals surface area contributed by atoms with Crippen molar-refractivity contribution in [1.82, 2.24) is 0 Å². The predicted molar refractivity (Wildman–Crippen MR) is 400 cm³/mol. The number of carbonyl (C=O) groups excluding carboxylic acids is 19. The van der Waals surface area contributed by atoms with Crippen LogP contribution in [0.25, 0.3) is 0 Å². The Kier molecular flexibility index (Phi) is 31.3. The maximum absolute atomic E-state index is 13.6. The molecule has 0 bridgehead atoms. The van der Waals surface area contributed by atoms with Crippen LogP contribution in [-0.2, 0) is 91.1 Å². The van der Waals surface area contributed by atoms with E-state index in [4.69, 9.17) is 118 Å². The summed E-state index contributed by atoms with van der Waals surface area (Å²) in [6, 6.07) is 8.63. The molecule has 0 unspecified atom stereocenters. The first-order valence-corrected chi connectivity index (χ1v) is 34.9. The highest BCUT2D eigenvalue weighted by atomic mass is 16.7. The Labute approximate surface area is 697 Å². The Morgan fingerprint density at radius 2 is 0.250 bits per heavy atom. The van der Waals surface area contributed by atoms with Crippen LogP contribution in [-0.4, -0.2) is 113 Å². The molecule has 0 atom stereocenters. The van der Waals surface area contributed by atoms with Gasteiger partial charge in [0.15, 0.2) is 80.5 Å². The average Bonchev–Trinajstić information content (AvgIpc) is 0.763. The molecule has 124 heavy (non-hydrogen) atoms. The molecule has 44 nitrogen and oxygen atoms in total. The van der Waals surface area contributed by atoms with Gasteiger partial charge in [-0.2, -0.15) is 0 Å². The van der Waals surface area contributed by atoms with Crippen molar-refractivity contribution in [2.45, 2.75) is 132 Å². The molecule has 7 rings (SSSR count). The second kappa shape index (κ2) is 41.1. The molecule has 0 aromatic heterocycles. The van der Waals surface area contributed by atoms with Gasteiger partial charge in [-0.1, -0.05) is 0 Å². The summed E-state index contributed by atoms with van der Waals surface area (Å²) in [4.78, 5) is 247. The van der Waals surface area contributed by atoms with Crippen molar-refractivity contribution < 1.29 is 210 Å². The summed E-state index contributed by atoms with van der Waals surface area (Å²) < 4.78 is 142. The van der Waals surface area contributed by atoms with Gasteiger partial charge in [0, 0.05) is 198 Å². The Balaban J connectivity index is 1.60. The third-order valence-electron chi connectivity index (χ3n) is 13.4. The third-order valence-corrected chi connectivity index (χ3v) is 13.4. The van der Waals surface area contributed by atoms with Crippen LogP contribution in [0.3, 0.4) is 0 Å². The zero-order valence-electron chi connectivity index (χ0n) is 68.3. The van der Waals surface area contributed by atoms with Crippen LogP contribution < -0.4 is 118 Å². The third kappa shape index (κ3) is 26.6. The summed E-state index contributed by atoms with van der Waals surface area (Å²) in [5.74, 6) is -49.6. The molecule has 7 aromatic carbocycles. The van der Waals surface area contributed by atoms with Gasteiger partial charge in [0.25, 0.3) is 0 Å². The Morgan fingerprint density at radius 3 is 0.435 bits per heavy atom. The molecule has 7 aromatic rings. The fourth-order valence-corrected chi connectivity index (χ4v) is 10.1. The Bertz CT molecular complexity index is 5510. The molecule has 0 saturated carbocycles. The van der Waals surface area contributed by atoms with E-state index in [1.54, 1.807) is 0 Å². The molecule has 0 aliphatic rings. The van der Waals surface area contributed by atoms with Crippen LogP contribution in [0.5, 0.6) is 178 Å². The fraction of sp³-hybridized carbons (Fsp3) is 0.237. The van der Waals surface area contributed by atoms with Crippen LogP contribution in [0.1, 0.15) is 132 Å². The van der Waals surface area contributed by atoms with Crippen molar-refractivity contribution in [3.8, 4) is 178 Å². The van der Waals surface area contributed by atoms with Gasteiger partial charge in [-0.05, 0) is 0 Å². The van der Waals surface area contributed by atoms with E-state index in [0.29, 0.717) is 24.3 Å². The first kappa shape index (κ1) is 94.4. The minimum absolute atomic E-state index is 0.358. The monoisotopic (exact) mass is 1730 g/mol. The van der Waals surface area contributed by atoms with E-state index in [0.717, 1.165) is 174 Å². The lowest BCUT2D eigenvalue weighted by molar-refractivity contribution is -0.136. The first-order valence-electron chi connectivity index (χ1n) is 34.9. The van der Waals surface area contributed by atoms with E-state index in [1.807, 2.05) is 0 Å². The molecular weight excluding hydrogens is 1660 g/mol. The lowest BCUT2D eigenvalue weighted by Gasteiger charge is -2.23. The smallest absolute Gasteiger partial charge is 0.308 e. The summed E-state index contributed by atoms with van der Waals surface area (Å²) in [5, 5.41) is 0. The highest BCUT2D eigenvalue weighted by Gasteiger charge is 2.38. The second-order valence-electron chi connectivity index (χ2n) is 24.5. The van der Waals surface area contributed by atoms with Crippen molar-refractivity contribution in [1.29, 1.82) is 0 Å². The standard InChI is InChI=1S/C80H68O44/c1-31(81)100-50-20-54(101-32(2)82)68(55(21-50)102-33(3)83)119-51-22-56(103-34(4)84)70(57(23-51)104-35(5)85)123-66-29-63(110-41(11)91)73(113-44(14)94)79(117-48(18)98)76(66)121-53-26-60(107-38(8)88)71(61(27-53)108-39(9)89)124-67-30-64(111-42(12)92)74(114-45(15)95)80(118-49(19)99)77(67)120-52-24-58(105-36(6)86)69(59(25-52)106-37(7)87)122-65-28-62(109-40(10)90)72(112-43(13)93)78(116-47(17)97)75(65)115-46(16)96/h20-30H,1-19H3. The van der Waals surface area contributed by atoms with Gasteiger partial charge in [0.1, 0.15) is 23.0 Å². The SMILES string of the molecule is CC(=O)Oc1cc(OC(C)=O)c(Oc2cc(OC(C)=O)c(Oc3cc(OC(C)=O)c(OC(C)=O)c(OC(C)=O)c3Oc3cc(OC(C)=O)c(Oc4cc(OC(C)=O)c(OC(C)=O)c(OC(C)=O)c4Oc4cc(OC(C)=O)c(Oc5cc(OC(C)=O)c(OC(C)=O)c(OC(C)=O)c5OC(C)=O)c(OC(C)=O)c4)c(OC(C)=O)c3)c(OC(C)=O)c2)c(OC(C)=O)c1. The van der Waals surface area contributed by atoms with Gasteiger partial charge in [0.2, 0.25) is 74.7 Å². The average molecular weight is 1730 g/mol. The van der Waals surface area contributed by atoms with Crippen molar-refractivity contribution >= 4 is 113 Å². The van der Waals surface area contributed by atoms with Gasteiger partial charge >= 0.3 is 113 Å². The molecule has 0 radical (unpaired) electrons. The van der Waals surface area contributed by atoms with E-state index < -0.39 is 286 Å². The van der Waals surface area contributed by atoms with Gasteiger partial charge in [-0.15, -0.1) is 0 Å². The minimum Gasteiger partial charge on any atom is -0.449 e.